The van der Waals surface area contributed by atoms with E-state index in [9.17, 15) is 4.79 Å². The molecule has 0 fully saturated rings. The Kier molecular flexibility index (Phi) is 7.23. The highest BCUT2D eigenvalue weighted by Crippen LogP contribution is 2.30. The fourth-order valence-electron chi connectivity index (χ4n) is 2.87. The van der Waals surface area contributed by atoms with Crippen LogP contribution in [-0.2, 0) is 6.42 Å². The molecule has 0 saturated heterocycles. The van der Waals surface area contributed by atoms with E-state index in [4.69, 9.17) is 25.8 Å². The number of rotatable bonds is 8. The van der Waals surface area contributed by atoms with Gasteiger partial charge in [-0.3, -0.25) is 9.36 Å². The molecule has 1 aromatic heterocycles. The van der Waals surface area contributed by atoms with Crippen molar-refractivity contribution in [2.24, 2.45) is 5.41 Å². The highest BCUT2D eigenvalue weighted by Gasteiger charge is 2.15. The Bertz CT molecular complexity index is 1090. The zero-order valence-electron chi connectivity index (χ0n) is 18.2. The number of aromatic nitrogens is 2. The molecule has 31 heavy (non-hydrogen) atoms. The first-order chi connectivity index (χ1) is 14.8. The molecule has 0 spiro atoms. The van der Waals surface area contributed by atoms with Gasteiger partial charge in [-0.1, -0.05) is 44.5 Å². The van der Waals surface area contributed by atoms with Crippen LogP contribution in [0, 0.1) is 5.41 Å². The maximum absolute atomic E-state index is 12.9. The maximum Gasteiger partial charge on any atom is 0.317 e. The van der Waals surface area contributed by atoms with Crippen molar-refractivity contribution < 1.29 is 14.2 Å². The largest absolute Gasteiger partial charge is 0.493 e. The van der Waals surface area contributed by atoms with Crippen molar-refractivity contribution in [3.05, 3.63) is 75.8 Å². The van der Waals surface area contributed by atoms with Crippen LogP contribution < -0.4 is 19.8 Å². The van der Waals surface area contributed by atoms with E-state index in [1.54, 1.807) is 31.5 Å². The van der Waals surface area contributed by atoms with Crippen LogP contribution in [0.2, 0.25) is 5.02 Å². The van der Waals surface area contributed by atoms with Gasteiger partial charge in [-0.15, -0.1) is 0 Å². The first-order valence-corrected chi connectivity index (χ1v) is 10.4. The van der Waals surface area contributed by atoms with Crippen molar-refractivity contribution in [1.29, 1.82) is 0 Å². The zero-order chi connectivity index (χ0) is 22.4. The minimum atomic E-state index is -0.348. The van der Waals surface area contributed by atoms with E-state index in [1.807, 2.05) is 24.3 Å². The molecule has 1 heterocycles. The number of methoxy groups -OCH3 is 1. The van der Waals surface area contributed by atoms with Crippen molar-refractivity contribution in [2.45, 2.75) is 27.2 Å². The lowest BCUT2D eigenvalue weighted by Crippen LogP contribution is -2.22. The first-order valence-electron chi connectivity index (χ1n) is 10.0. The Balaban J connectivity index is 1.76. The topological polar surface area (TPSA) is 62.6 Å². The van der Waals surface area contributed by atoms with E-state index in [2.05, 4.69) is 25.8 Å². The van der Waals surface area contributed by atoms with Gasteiger partial charge in [-0.2, -0.15) is 0 Å². The smallest absolute Gasteiger partial charge is 0.317 e. The van der Waals surface area contributed by atoms with Crippen LogP contribution in [0.15, 0.2) is 59.7 Å². The first kappa shape index (κ1) is 22.7. The number of halogens is 1. The molecule has 0 radical (unpaired) electrons. The summed E-state index contributed by atoms with van der Waals surface area (Å²) in [4.78, 5) is 17.0. The molecule has 0 amide bonds. The fraction of sp³-hybridized carbons (Fsp3) is 0.333. The van der Waals surface area contributed by atoms with Gasteiger partial charge in [0.2, 0.25) is 0 Å². The fourth-order valence-corrected chi connectivity index (χ4v) is 3.09. The predicted molar refractivity (Wildman–Crippen MR) is 122 cm³/mol. The van der Waals surface area contributed by atoms with E-state index in [0.29, 0.717) is 41.8 Å². The van der Waals surface area contributed by atoms with Crippen LogP contribution in [0.5, 0.6) is 17.4 Å². The van der Waals surface area contributed by atoms with Gasteiger partial charge in [-0.25, -0.2) is 4.98 Å². The quantitative estimate of drug-likeness (QED) is 0.494. The Morgan fingerprint density at radius 1 is 1.06 bits per heavy atom. The second-order valence-corrected chi connectivity index (χ2v) is 8.76. The van der Waals surface area contributed by atoms with Crippen molar-refractivity contribution in [3.63, 3.8) is 0 Å². The Labute approximate surface area is 187 Å². The second-order valence-electron chi connectivity index (χ2n) is 8.32. The average Bonchev–Trinajstić information content (AvgIpc) is 2.73. The van der Waals surface area contributed by atoms with E-state index in [1.165, 1.54) is 10.8 Å². The van der Waals surface area contributed by atoms with Crippen LogP contribution in [-0.4, -0.2) is 29.9 Å². The monoisotopic (exact) mass is 442 g/mol. The summed E-state index contributed by atoms with van der Waals surface area (Å²) in [6.07, 6.45) is 3.74. The van der Waals surface area contributed by atoms with E-state index in [-0.39, 0.29) is 16.9 Å². The zero-order valence-corrected chi connectivity index (χ0v) is 19.0. The standard InChI is InChI=1S/C24H27ClN2O4/c1-24(2,3)16-31-20-9-8-19(15-21(20)29-4)27-12-11-26-22(23(27)28)30-13-10-17-6-5-7-18(25)14-17/h5-9,11-12,14-15H,10,13,16H2,1-4H3. The summed E-state index contributed by atoms with van der Waals surface area (Å²) in [6, 6.07) is 12.9. The molecule has 0 aliphatic heterocycles. The Morgan fingerprint density at radius 2 is 1.87 bits per heavy atom. The van der Waals surface area contributed by atoms with Crippen LogP contribution in [0.1, 0.15) is 26.3 Å². The summed E-state index contributed by atoms with van der Waals surface area (Å²) in [5.41, 5.74) is 1.33. The summed E-state index contributed by atoms with van der Waals surface area (Å²) in [5, 5.41) is 0.668. The normalized spacial score (nSPS) is 11.3. The van der Waals surface area contributed by atoms with Crippen molar-refractivity contribution in [1.82, 2.24) is 9.55 Å². The molecule has 0 unspecified atom stereocenters. The lowest BCUT2D eigenvalue weighted by Gasteiger charge is -2.20. The van der Waals surface area contributed by atoms with Crippen LogP contribution in [0.4, 0.5) is 0 Å². The molecular formula is C24H27ClN2O4. The summed E-state index contributed by atoms with van der Waals surface area (Å²) in [7, 11) is 1.57. The van der Waals surface area contributed by atoms with Crippen LogP contribution >= 0.6 is 11.6 Å². The maximum atomic E-state index is 12.9. The molecule has 3 aromatic rings. The Hall–Kier alpha value is -2.99. The second kappa shape index (κ2) is 9.88. The van der Waals surface area contributed by atoms with Crippen LogP contribution in [0.3, 0.4) is 0 Å². The molecule has 164 valence electrons. The summed E-state index contributed by atoms with van der Waals surface area (Å²) in [5.74, 6) is 1.21. The summed E-state index contributed by atoms with van der Waals surface area (Å²) < 4.78 is 18.5. The number of benzene rings is 2. The van der Waals surface area contributed by atoms with E-state index < -0.39 is 0 Å². The van der Waals surface area contributed by atoms with E-state index in [0.717, 1.165) is 5.56 Å². The molecular weight excluding hydrogens is 416 g/mol. The highest BCUT2D eigenvalue weighted by atomic mass is 35.5. The lowest BCUT2D eigenvalue weighted by molar-refractivity contribution is 0.191. The lowest BCUT2D eigenvalue weighted by atomic mass is 9.99. The molecule has 0 aliphatic rings. The van der Waals surface area contributed by atoms with Gasteiger partial charge in [0.25, 0.3) is 5.88 Å². The summed E-state index contributed by atoms with van der Waals surface area (Å²) in [6.45, 7) is 7.15. The van der Waals surface area contributed by atoms with Gasteiger partial charge in [0.15, 0.2) is 11.5 Å². The van der Waals surface area contributed by atoms with Crippen molar-refractivity contribution in [3.8, 4) is 23.1 Å². The molecule has 0 atom stereocenters. The predicted octanol–water partition coefficient (Wildman–Crippen LogP) is 4.94. The van der Waals surface area contributed by atoms with Crippen molar-refractivity contribution in [2.75, 3.05) is 20.3 Å². The van der Waals surface area contributed by atoms with Gasteiger partial charge >= 0.3 is 5.56 Å². The Morgan fingerprint density at radius 3 is 2.58 bits per heavy atom. The third-order valence-corrected chi connectivity index (χ3v) is 4.65. The number of hydrogen-bond acceptors (Lipinski definition) is 5. The molecule has 0 aliphatic carbocycles. The minimum Gasteiger partial charge on any atom is -0.493 e. The number of ether oxygens (including phenoxy) is 3. The third kappa shape index (κ3) is 6.25. The summed E-state index contributed by atoms with van der Waals surface area (Å²) >= 11 is 6.01. The number of nitrogens with zero attached hydrogens (tertiary/aromatic N) is 2. The van der Waals surface area contributed by atoms with Gasteiger partial charge < -0.3 is 14.2 Å². The molecule has 0 bridgehead atoms. The molecule has 2 aromatic carbocycles. The molecule has 7 heteroatoms. The molecule has 0 N–H and O–H groups in total. The number of hydrogen-bond donors (Lipinski definition) is 0. The highest BCUT2D eigenvalue weighted by molar-refractivity contribution is 6.30. The van der Waals surface area contributed by atoms with Gasteiger partial charge in [-0.05, 0) is 35.2 Å². The van der Waals surface area contributed by atoms with Crippen LogP contribution in [0.25, 0.3) is 5.69 Å². The van der Waals surface area contributed by atoms with Crippen molar-refractivity contribution >= 4 is 11.6 Å². The van der Waals surface area contributed by atoms with E-state index >= 15 is 0 Å². The molecule has 6 nitrogen and oxygen atoms in total. The SMILES string of the molecule is COc1cc(-n2ccnc(OCCc3cccc(Cl)c3)c2=O)ccc1OCC(C)(C)C. The third-order valence-electron chi connectivity index (χ3n) is 4.41. The van der Waals surface area contributed by atoms with Gasteiger partial charge in [0, 0.05) is 29.9 Å². The molecule has 3 rings (SSSR count). The van der Waals surface area contributed by atoms with Gasteiger partial charge in [0.05, 0.1) is 26.0 Å². The average molecular weight is 443 g/mol. The molecule has 0 saturated carbocycles. The minimum absolute atomic E-state index is 0.0169. The van der Waals surface area contributed by atoms with Gasteiger partial charge in [0.1, 0.15) is 0 Å².